The monoisotopic (exact) mass is 352 g/mol. The van der Waals surface area contributed by atoms with Gasteiger partial charge in [-0.1, -0.05) is 19.3 Å². The van der Waals surface area contributed by atoms with Gasteiger partial charge in [0.05, 0.1) is 6.10 Å². The highest BCUT2D eigenvalue weighted by Gasteiger charge is 2.18. The van der Waals surface area contributed by atoms with Gasteiger partial charge in [-0.3, -0.25) is 9.79 Å². The zero-order valence-corrected chi connectivity index (χ0v) is 15.9. The number of nitrogens with one attached hydrogen (secondary N) is 2. The smallest absolute Gasteiger partial charge is 0.222 e. The van der Waals surface area contributed by atoms with E-state index in [0.29, 0.717) is 12.0 Å². The van der Waals surface area contributed by atoms with Gasteiger partial charge in [0.15, 0.2) is 5.96 Å². The molecule has 2 aliphatic rings. The van der Waals surface area contributed by atoms with Crippen LogP contribution in [0, 0.1) is 0 Å². The second-order valence-corrected chi connectivity index (χ2v) is 7.01. The first-order chi connectivity index (χ1) is 12.3. The molecule has 1 heterocycles. The first kappa shape index (κ1) is 20.0. The van der Waals surface area contributed by atoms with Crippen LogP contribution >= 0.6 is 0 Å². The maximum Gasteiger partial charge on any atom is 0.222 e. The fourth-order valence-electron chi connectivity index (χ4n) is 3.50. The Kier molecular flexibility index (Phi) is 9.70. The van der Waals surface area contributed by atoms with Crippen molar-refractivity contribution in [2.24, 2.45) is 4.99 Å². The number of hydrogen-bond acceptors (Lipinski definition) is 3. The second-order valence-electron chi connectivity index (χ2n) is 7.01. The predicted octanol–water partition coefficient (Wildman–Crippen LogP) is 2.29. The minimum Gasteiger partial charge on any atom is -0.378 e. The third-order valence-corrected chi connectivity index (χ3v) is 4.89. The molecule has 0 aromatic heterocycles. The third kappa shape index (κ3) is 8.08. The Hall–Kier alpha value is -1.30. The Morgan fingerprint density at radius 1 is 1.20 bits per heavy atom. The van der Waals surface area contributed by atoms with Crippen molar-refractivity contribution in [3.8, 4) is 0 Å². The molecule has 0 bridgehead atoms. The Labute approximate surface area is 152 Å². The van der Waals surface area contributed by atoms with Gasteiger partial charge >= 0.3 is 0 Å². The molecule has 25 heavy (non-hydrogen) atoms. The summed E-state index contributed by atoms with van der Waals surface area (Å²) in [5.41, 5.74) is 0. The average molecular weight is 353 g/mol. The highest BCUT2D eigenvalue weighted by atomic mass is 16.5. The predicted molar refractivity (Wildman–Crippen MR) is 102 cm³/mol. The topological polar surface area (TPSA) is 66.0 Å². The summed E-state index contributed by atoms with van der Waals surface area (Å²) in [6, 6.07) is 0. The molecule has 0 atom stereocenters. The van der Waals surface area contributed by atoms with E-state index >= 15 is 0 Å². The number of guanidine groups is 1. The Balaban J connectivity index is 1.54. The molecule has 1 saturated heterocycles. The third-order valence-electron chi connectivity index (χ3n) is 4.89. The van der Waals surface area contributed by atoms with E-state index < -0.39 is 0 Å². The zero-order chi connectivity index (χ0) is 17.7. The molecule has 0 aromatic carbocycles. The molecule has 6 nitrogen and oxygen atoms in total. The van der Waals surface area contributed by atoms with Gasteiger partial charge in [-0.25, -0.2) is 0 Å². The average Bonchev–Trinajstić information content (AvgIpc) is 3.04. The molecular weight excluding hydrogens is 316 g/mol. The van der Waals surface area contributed by atoms with Crippen LogP contribution in [0.4, 0.5) is 0 Å². The molecule has 6 heteroatoms. The lowest BCUT2D eigenvalue weighted by Crippen LogP contribution is -2.38. The molecule has 2 fully saturated rings. The first-order valence-electron chi connectivity index (χ1n) is 10.2. The van der Waals surface area contributed by atoms with E-state index in [1.165, 1.54) is 32.1 Å². The van der Waals surface area contributed by atoms with E-state index in [2.05, 4.69) is 22.5 Å². The van der Waals surface area contributed by atoms with Gasteiger partial charge in [-0.05, 0) is 39.0 Å². The molecular formula is C19H36N4O2. The van der Waals surface area contributed by atoms with E-state index in [4.69, 9.17) is 4.74 Å². The summed E-state index contributed by atoms with van der Waals surface area (Å²) in [5.74, 6) is 1.17. The van der Waals surface area contributed by atoms with Crippen LogP contribution in [-0.2, 0) is 9.53 Å². The van der Waals surface area contributed by atoms with E-state index in [9.17, 15) is 4.79 Å². The Bertz CT molecular complexity index is 408. The highest BCUT2D eigenvalue weighted by Crippen LogP contribution is 2.20. The number of hydrogen-bond donors (Lipinski definition) is 2. The first-order valence-corrected chi connectivity index (χ1v) is 10.2. The quantitative estimate of drug-likeness (QED) is 0.360. The van der Waals surface area contributed by atoms with Crippen LogP contribution in [0.1, 0.15) is 64.7 Å². The zero-order valence-electron chi connectivity index (χ0n) is 15.9. The number of ether oxygens (including phenoxy) is 1. The molecule has 1 saturated carbocycles. The summed E-state index contributed by atoms with van der Waals surface area (Å²) < 4.78 is 5.95. The molecule has 0 radical (unpaired) electrons. The van der Waals surface area contributed by atoms with Crippen LogP contribution in [0.2, 0.25) is 0 Å². The normalized spacial score (nSPS) is 19.5. The van der Waals surface area contributed by atoms with Crippen molar-refractivity contribution in [2.45, 2.75) is 70.8 Å². The lowest BCUT2D eigenvalue weighted by molar-refractivity contribution is -0.127. The minimum absolute atomic E-state index is 0.298. The second kappa shape index (κ2) is 12.1. The van der Waals surface area contributed by atoms with Crippen molar-refractivity contribution >= 4 is 11.9 Å². The van der Waals surface area contributed by atoms with Gasteiger partial charge < -0.3 is 20.3 Å². The number of carbonyl (C=O) groups excluding carboxylic acids is 1. The standard InChI is InChI=1S/C19H36N4O2/c1-2-20-19(21-12-7-15-23-14-6-11-18(23)24)22-13-8-16-25-17-9-4-3-5-10-17/h17H,2-16H2,1H3,(H2,20,21,22). The number of likely N-dealkylation sites (tertiary alicyclic amines) is 1. The lowest BCUT2D eigenvalue weighted by atomic mass is 9.98. The number of nitrogens with zero attached hydrogens (tertiary/aromatic N) is 2. The van der Waals surface area contributed by atoms with E-state index in [1.807, 2.05) is 4.90 Å². The summed E-state index contributed by atoms with van der Waals surface area (Å²) in [6.45, 7) is 7.13. The summed E-state index contributed by atoms with van der Waals surface area (Å²) in [6.07, 6.45) is 10.6. The maximum atomic E-state index is 11.6. The molecule has 1 aliphatic heterocycles. The van der Waals surface area contributed by atoms with Gasteiger partial charge in [-0.15, -0.1) is 0 Å². The minimum atomic E-state index is 0.298. The van der Waals surface area contributed by atoms with Crippen LogP contribution in [-0.4, -0.2) is 62.2 Å². The summed E-state index contributed by atoms with van der Waals surface area (Å²) in [7, 11) is 0. The summed E-state index contributed by atoms with van der Waals surface area (Å²) in [4.78, 5) is 18.1. The van der Waals surface area contributed by atoms with Gasteiger partial charge in [0.2, 0.25) is 5.91 Å². The molecule has 1 aliphatic carbocycles. The van der Waals surface area contributed by atoms with Crippen molar-refractivity contribution in [1.29, 1.82) is 0 Å². The Morgan fingerprint density at radius 3 is 2.76 bits per heavy atom. The highest BCUT2D eigenvalue weighted by molar-refractivity contribution is 5.79. The lowest BCUT2D eigenvalue weighted by Gasteiger charge is -2.22. The van der Waals surface area contributed by atoms with Crippen molar-refractivity contribution < 1.29 is 9.53 Å². The van der Waals surface area contributed by atoms with Gasteiger partial charge in [0, 0.05) is 45.8 Å². The van der Waals surface area contributed by atoms with Crippen molar-refractivity contribution in [3.05, 3.63) is 0 Å². The van der Waals surface area contributed by atoms with Crippen molar-refractivity contribution in [3.63, 3.8) is 0 Å². The summed E-state index contributed by atoms with van der Waals surface area (Å²) >= 11 is 0. The summed E-state index contributed by atoms with van der Waals surface area (Å²) in [5, 5.41) is 6.65. The van der Waals surface area contributed by atoms with Crippen LogP contribution in [0.25, 0.3) is 0 Å². The number of carbonyl (C=O) groups is 1. The molecule has 1 amide bonds. The van der Waals surface area contributed by atoms with Crippen LogP contribution in [0.15, 0.2) is 4.99 Å². The number of amides is 1. The van der Waals surface area contributed by atoms with Crippen LogP contribution < -0.4 is 10.6 Å². The van der Waals surface area contributed by atoms with Crippen molar-refractivity contribution in [2.75, 3.05) is 39.3 Å². The van der Waals surface area contributed by atoms with Gasteiger partial charge in [-0.2, -0.15) is 0 Å². The van der Waals surface area contributed by atoms with Crippen LogP contribution in [0.5, 0.6) is 0 Å². The number of rotatable bonds is 10. The molecule has 0 unspecified atom stereocenters. The van der Waals surface area contributed by atoms with E-state index in [0.717, 1.165) is 71.0 Å². The molecule has 0 aromatic rings. The number of aliphatic imine (C=N–C) groups is 1. The molecule has 0 spiro atoms. The molecule has 2 rings (SSSR count). The fourth-order valence-corrected chi connectivity index (χ4v) is 3.50. The van der Waals surface area contributed by atoms with E-state index in [1.54, 1.807) is 0 Å². The van der Waals surface area contributed by atoms with Gasteiger partial charge in [0.1, 0.15) is 0 Å². The largest absolute Gasteiger partial charge is 0.378 e. The van der Waals surface area contributed by atoms with E-state index in [-0.39, 0.29) is 0 Å². The van der Waals surface area contributed by atoms with Crippen molar-refractivity contribution in [1.82, 2.24) is 15.5 Å². The Morgan fingerprint density at radius 2 is 2.04 bits per heavy atom. The fraction of sp³-hybridized carbons (Fsp3) is 0.895. The van der Waals surface area contributed by atoms with Crippen LogP contribution in [0.3, 0.4) is 0 Å². The molecule has 2 N–H and O–H groups in total. The maximum absolute atomic E-state index is 11.6. The van der Waals surface area contributed by atoms with Gasteiger partial charge in [0.25, 0.3) is 0 Å². The SMILES string of the molecule is CCNC(=NCCCN1CCCC1=O)NCCCOC1CCCCC1. The molecule has 144 valence electrons.